The summed E-state index contributed by atoms with van der Waals surface area (Å²) in [7, 11) is 0. The van der Waals surface area contributed by atoms with Gasteiger partial charge in [-0.2, -0.15) is 16.4 Å². The molecule has 0 aliphatic heterocycles. The Morgan fingerprint density at radius 3 is 2.95 bits per heavy atom. The summed E-state index contributed by atoms with van der Waals surface area (Å²) in [5.41, 5.74) is 1.95. The van der Waals surface area contributed by atoms with Crippen molar-refractivity contribution in [1.82, 2.24) is 9.78 Å². The SMILES string of the molecule is CC(C)n1ncc(NCCc2ccsc2)c(Br)c1=O. The fourth-order valence-corrected chi connectivity index (χ4v) is 2.84. The van der Waals surface area contributed by atoms with Crippen molar-refractivity contribution >= 4 is 33.0 Å². The summed E-state index contributed by atoms with van der Waals surface area (Å²) in [6.07, 6.45) is 2.63. The van der Waals surface area contributed by atoms with Crippen LogP contribution in [-0.2, 0) is 6.42 Å². The van der Waals surface area contributed by atoms with Gasteiger partial charge in [0.25, 0.3) is 5.56 Å². The van der Waals surface area contributed by atoms with Crippen molar-refractivity contribution in [3.63, 3.8) is 0 Å². The number of nitrogens with one attached hydrogen (secondary N) is 1. The molecule has 0 bridgehead atoms. The molecular weight excluding hydrogens is 326 g/mol. The molecule has 0 unspecified atom stereocenters. The number of anilines is 1. The Hall–Kier alpha value is -1.14. The first-order valence-corrected chi connectivity index (χ1v) is 7.85. The van der Waals surface area contributed by atoms with E-state index in [1.807, 2.05) is 13.8 Å². The fraction of sp³-hybridized carbons (Fsp3) is 0.385. The van der Waals surface area contributed by atoms with Crippen molar-refractivity contribution in [2.45, 2.75) is 26.3 Å². The van der Waals surface area contributed by atoms with Gasteiger partial charge in [-0.3, -0.25) is 4.79 Å². The number of rotatable bonds is 5. The molecule has 19 heavy (non-hydrogen) atoms. The van der Waals surface area contributed by atoms with Gasteiger partial charge in [-0.1, -0.05) is 0 Å². The summed E-state index contributed by atoms with van der Waals surface area (Å²) in [5.74, 6) is 0. The van der Waals surface area contributed by atoms with Crippen LogP contribution in [0.1, 0.15) is 25.5 Å². The molecule has 6 heteroatoms. The molecular formula is C13H16BrN3OS. The Balaban J connectivity index is 2.05. The monoisotopic (exact) mass is 341 g/mol. The van der Waals surface area contributed by atoms with Crippen LogP contribution in [0, 0.1) is 0 Å². The Morgan fingerprint density at radius 1 is 1.53 bits per heavy atom. The Morgan fingerprint density at radius 2 is 2.32 bits per heavy atom. The Kier molecular flexibility index (Phi) is 4.76. The molecule has 0 atom stereocenters. The molecule has 0 aliphatic rings. The molecule has 4 nitrogen and oxygen atoms in total. The average Bonchev–Trinajstić information content (AvgIpc) is 2.87. The maximum absolute atomic E-state index is 12.0. The van der Waals surface area contributed by atoms with Gasteiger partial charge in [-0.25, -0.2) is 4.68 Å². The van der Waals surface area contributed by atoms with E-state index >= 15 is 0 Å². The predicted octanol–water partition coefficient (Wildman–Crippen LogP) is 3.30. The molecule has 2 aromatic rings. The first-order valence-electron chi connectivity index (χ1n) is 6.12. The van der Waals surface area contributed by atoms with Crippen LogP contribution in [0.4, 0.5) is 5.69 Å². The van der Waals surface area contributed by atoms with Crippen LogP contribution in [0.5, 0.6) is 0 Å². The first-order chi connectivity index (χ1) is 9.09. The minimum absolute atomic E-state index is 0.0589. The molecule has 0 aliphatic carbocycles. The standard InChI is InChI=1S/C13H16BrN3OS/c1-9(2)17-13(18)12(14)11(7-16-17)15-5-3-10-4-6-19-8-10/h4,6-9,15H,3,5H2,1-2H3. The van der Waals surface area contributed by atoms with Crippen molar-refractivity contribution < 1.29 is 0 Å². The van der Waals surface area contributed by atoms with Gasteiger partial charge in [-0.05, 0) is 58.6 Å². The van der Waals surface area contributed by atoms with Gasteiger partial charge in [-0.15, -0.1) is 0 Å². The van der Waals surface area contributed by atoms with Gasteiger partial charge in [0, 0.05) is 6.54 Å². The summed E-state index contributed by atoms with van der Waals surface area (Å²) < 4.78 is 2.01. The molecule has 1 N–H and O–H groups in total. The second kappa shape index (κ2) is 6.34. The molecule has 0 aromatic carbocycles. The van der Waals surface area contributed by atoms with Crippen molar-refractivity contribution in [1.29, 1.82) is 0 Å². The molecule has 2 heterocycles. The third-order valence-electron chi connectivity index (χ3n) is 2.74. The van der Waals surface area contributed by atoms with Gasteiger partial charge in [0.2, 0.25) is 0 Å². The largest absolute Gasteiger partial charge is 0.382 e. The summed E-state index contributed by atoms with van der Waals surface area (Å²) >= 11 is 5.04. The zero-order chi connectivity index (χ0) is 13.8. The molecule has 0 spiro atoms. The Bertz CT molecular complexity index is 592. The minimum atomic E-state index is -0.101. The van der Waals surface area contributed by atoms with E-state index in [9.17, 15) is 4.79 Å². The van der Waals surface area contributed by atoms with E-state index in [-0.39, 0.29) is 11.6 Å². The van der Waals surface area contributed by atoms with Crippen LogP contribution in [0.25, 0.3) is 0 Å². The predicted molar refractivity (Wildman–Crippen MR) is 83.1 cm³/mol. The van der Waals surface area contributed by atoms with Crippen LogP contribution in [0.2, 0.25) is 0 Å². The van der Waals surface area contributed by atoms with Crippen LogP contribution < -0.4 is 10.9 Å². The highest BCUT2D eigenvalue weighted by Crippen LogP contribution is 2.17. The highest BCUT2D eigenvalue weighted by Gasteiger charge is 2.10. The second-order valence-electron chi connectivity index (χ2n) is 4.52. The van der Waals surface area contributed by atoms with Crippen molar-refractivity contribution in [3.05, 3.63) is 43.4 Å². The number of halogens is 1. The van der Waals surface area contributed by atoms with E-state index in [1.54, 1.807) is 17.5 Å². The molecule has 2 rings (SSSR count). The van der Waals surface area contributed by atoms with E-state index < -0.39 is 0 Å². The molecule has 0 fully saturated rings. The molecule has 0 saturated heterocycles. The molecule has 0 amide bonds. The molecule has 0 radical (unpaired) electrons. The lowest BCUT2D eigenvalue weighted by Gasteiger charge is -2.12. The molecule has 102 valence electrons. The third-order valence-corrected chi connectivity index (χ3v) is 4.24. The van der Waals surface area contributed by atoms with Crippen LogP contribution in [0.3, 0.4) is 0 Å². The maximum atomic E-state index is 12.0. The average molecular weight is 342 g/mol. The second-order valence-corrected chi connectivity index (χ2v) is 6.10. The smallest absolute Gasteiger partial charge is 0.283 e. The van der Waals surface area contributed by atoms with E-state index in [4.69, 9.17) is 0 Å². The lowest BCUT2D eigenvalue weighted by Crippen LogP contribution is -2.26. The zero-order valence-corrected chi connectivity index (χ0v) is 13.3. The lowest BCUT2D eigenvalue weighted by molar-refractivity contribution is 0.501. The van der Waals surface area contributed by atoms with Crippen molar-refractivity contribution in [2.24, 2.45) is 0 Å². The van der Waals surface area contributed by atoms with Gasteiger partial charge < -0.3 is 5.32 Å². The minimum Gasteiger partial charge on any atom is -0.382 e. The summed E-state index contributed by atoms with van der Waals surface area (Å²) in [4.78, 5) is 12.0. The van der Waals surface area contributed by atoms with E-state index in [2.05, 4.69) is 43.2 Å². The van der Waals surface area contributed by atoms with Crippen LogP contribution >= 0.6 is 27.3 Å². The number of aromatic nitrogens is 2. The van der Waals surface area contributed by atoms with Gasteiger partial charge in [0.05, 0.1) is 17.9 Å². The fourth-order valence-electron chi connectivity index (χ4n) is 1.71. The quantitative estimate of drug-likeness (QED) is 0.907. The highest BCUT2D eigenvalue weighted by atomic mass is 79.9. The van der Waals surface area contributed by atoms with Crippen LogP contribution in [-0.4, -0.2) is 16.3 Å². The number of nitrogens with zero attached hydrogens (tertiary/aromatic N) is 2. The lowest BCUT2D eigenvalue weighted by atomic mass is 10.2. The Labute approximate surface area is 124 Å². The topological polar surface area (TPSA) is 46.9 Å². The number of hydrogen-bond donors (Lipinski definition) is 1. The summed E-state index contributed by atoms with van der Waals surface area (Å²) in [5, 5.41) is 11.6. The number of thiophene rings is 1. The highest BCUT2D eigenvalue weighted by molar-refractivity contribution is 9.10. The normalized spacial score (nSPS) is 10.9. The van der Waals surface area contributed by atoms with Crippen LogP contribution in [0.15, 0.2) is 32.3 Å². The maximum Gasteiger partial charge on any atom is 0.283 e. The molecule has 2 aromatic heterocycles. The first kappa shape index (κ1) is 14.3. The summed E-state index contributed by atoms with van der Waals surface area (Å²) in [6.45, 7) is 4.65. The van der Waals surface area contributed by atoms with E-state index in [0.29, 0.717) is 4.47 Å². The van der Waals surface area contributed by atoms with Gasteiger partial charge >= 0.3 is 0 Å². The van der Waals surface area contributed by atoms with E-state index in [1.165, 1.54) is 10.2 Å². The van der Waals surface area contributed by atoms with Gasteiger partial charge in [0.1, 0.15) is 4.47 Å². The van der Waals surface area contributed by atoms with Crippen molar-refractivity contribution in [2.75, 3.05) is 11.9 Å². The van der Waals surface area contributed by atoms with E-state index in [0.717, 1.165) is 18.7 Å². The van der Waals surface area contributed by atoms with Crippen molar-refractivity contribution in [3.8, 4) is 0 Å². The van der Waals surface area contributed by atoms with Gasteiger partial charge in [0.15, 0.2) is 0 Å². The number of hydrogen-bond acceptors (Lipinski definition) is 4. The third kappa shape index (κ3) is 3.45. The zero-order valence-electron chi connectivity index (χ0n) is 10.9. The molecule has 0 saturated carbocycles. The summed E-state index contributed by atoms with van der Waals surface area (Å²) in [6, 6.07) is 2.17.